The van der Waals surface area contributed by atoms with Crippen LogP contribution in [-0.4, -0.2) is 46.5 Å². The summed E-state index contributed by atoms with van der Waals surface area (Å²) in [6, 6.07) is 7.02. The van der Waals surface area contributed by atoms with Crippen molar-refractivity contribution in [2.75, 3.05) is 33.0 Å². The molecule has 1 aromatic carbocycles. The SMILES string of the molecule is CNS(=O)(=O)c1ccccc1NCC1(N(C)C)CCC1. The highest BCUT2D eigenvalue weighted by molar-refractivity contribution is 7.89. The third-order valence-electron chi connectivity index (χ3n) is 4.29. The zero-order chi connectivity index (χ0) is 14.8. The number of hydrogen-bond donors (Lipinski definition) is 2. The summed E-state index contributed by atoms with van der Waals surface area (Å²) < 4.78 is 26.4. The van der Waals surface area contributed by atoms with E-state index in [-0.39, 0.29) is 5.54 Å². The topological polar surface area (TPSA) is 61.4 Å². The molecule has 5 nitrogen and oxygen atoms in total. The molecule has 1 aliphatic carbocycles. The Kier molecular flexibility index (Phi) is 4.36. The van der Waals surface area contributed by atoms with Gasteiger partial charge in [0.25, 0.3) is 0 Å². The van der Waals surface area contributed by atoms with Crippen molar-refractivity contribution in [3.8, 4) is 0 Å². The van der Waals surface area contributed by atoms with Crippen molar-refractivity contribution in [1.29, 1.82) is 0 Å². The normalized spacial score (nSPS) is 17.8. The molecule has 0 amide bonds. The first-order chi connectivity index (χ1) is 9.41. The molecule has 2 N–H and O–H groups in total. The van der Waals surface area contributed by atoms with Gasteiger partial charge in [-0.1, -0.05) is 12.1 Å². The summed E-state index contributed by atoms with van der Waals surface area (Å²) in [6.07, 6.45) is 3.53. The summed E-state index contributed by atoms with van der Waals surface area (Å²) in [7, 11) is 2.16. The Labute approximate surface area is 121 Å². The first-order valence-electron chi connectivity index (χ1n) is 6.85. The fourth-order valence-corrected chi connectivity index (χ4v) is 3.49. The molecule has 0 aliphatic heterocycles. The van der Waals surface area contributed by atoms with E-state index in [0.29, 0.717) is 10.6 Å². The van der Waals surface area contributed by atoms with Crippen LogP contribution in [0, 0.1) is 0 Å². The third kappa shape index (κ3) is 2.82. The van der Waals surface area contributed by atoms with Gasteiger partial charge in [0.1, 0.15) is 4.90 Å². The molecule has 2 rings (SSSR count). The van der Waals surface area contributed by atoms with Crippen molar-refractivity contribution in [2.45, 2.75) is 29.7 Å². The van der Waals surface area contributed by atoms with E-state index in [4.69, 9.17) is 0 Å². The van der Waals surface area contributed by atoms with Crippen LogP contribution < -0.4 is 10.0 Å². The van der Waals surface area contributed by atoms with Crippen molar-refractivity contribution < 1.29 is 8.42 Å². The Bertz CT molecular complexity index is 566. The van der Waals surface area contributed by atoms with Crippen LogP contribution in [0.25, 0.3) is 0 Å². The first-order valence-corrected chi connectivity index (χ1v) is 8.33. The molecule has 0 saturated heterocycles. The minimum absolute atomic E-state index is 0.149. The molecule has 20 heavy (non-hydrogen) atoms. The Morgan fingerprint density at radius 3 is 2.40 bits per heavy atom. The summed E-state index contributed by atoms with van der Waals surface area (Å²) in [5.41, 5.74) is 0.811. The Morgan fingerprint density at radius 2 is 1.90 bits per heavy atom. The maximum Gasteiger partial charge on any atom is 0.242 e. The van der Waals surface area contributed by atoms with Gasteiger partial charge in [-0.05, 0) is 52.5 Å². The summed E-state index contributed by atoms with van der Waals surface area (Å²) in [5.74, 6) is 0. The van der Waals surface area contributed by atoms with Gasteiger partial charge in [0.05, 0.1) is 5.69 Å². The van der Waals surface area contributed by atoms with E-state index >= 15 is 0 Å². The Balaban J connectivity index is 2.19. The zero-order valence-electron chi connectivity index (χ0n) is 12.3. The predicted molar refractivity (Wildman–Crippen MR) is 81.4 cm³/mol. The van der Waals surface area contributed by atoms with Crippen molar-refractivity contribution in [1.82, 2.24) is 9.62 Å². The second kappa shape index (κ2) is 5.71. The lowest BCUT2D eigenvalue weighted by Crippen LogP contribution is -2.54. The molecule has 0 unspecified atom stereocenters. The lowest BCUT2D eigenvalue weighted by Gasteiger charge is -2.47. The average molecular weight is 297 g/mol. The fraction of sp³-hybridized carbons (Fsp3) is 0.571. The molecule has 0 heterocycles. The van der Waals surface area contributed by atoms with Crippen LogP contribution in [0.3, 0.4) is 0 Å². The van der Waals surface area contributed by atoms with Gasteiger partial charge in [-0.2, -0.15) is 0 Å². The largest absolute Gasteiger partial charge is 0.382 e. The van der Waals surface area contributed by atoms with Crippen molar-refractivity contribution in [3.05, 3.63) is 24.3 Å². The molecule has 1 saturated carbocycles. The molecule has 0 radical (unpaired) electrons. The number of nitrogens with zero attached hydrogens (tertiary/aromatic N) is 1. The van der Waals surface area contributed by atoms with E-state index in [1.165, 1.54) is 13.5 Å². The number of rotatable bonds is 6. The molecule has 0 aromatic heterocycles. The first kappa shape index (κ1) is 15.3. The monoisotopic (exact) mass is 297 g/mol. The molecular weight excluding hydrogens is 274 g/mol. The standard InChI is InChI=1S/C14H23N3O2S/c1-15-20(18,19)13-8-5-4-7-12(13)16-11-14(17(2)3)9-6-10-14/h4-5,7-8,15-16H,6,9-11H2,1-3H3. The lowest BCUT2D eigenvalue weighted by atomic mass is 9.75. The van der Waals surface area contributed by atoms with E-state index in [1.54, 1.807) is 12.1 Å². The van der Waals surface area contributed by atoms with Crippen LogP contribution in [0.2, 0.25) is 0 Å². The highest BCUT2D eigenvalue weighted by Gasteiger charge is 2.38. The molecule has 112 valence electrons. The quantitative estimate of drug-likeness (QED) is 0.835. The molecule has 1 aliphatic rings. The van der Waals surface area contributed by atoms with Gasteiger partial charge in [0.2, 0.25) is 10.0 Å². The maximum absolute atomic E-state index is 12.0. The van der Waals surface area contributed by atoms with Crippen LogP contribution in [0.15, 0.2) is 29.2 Å². The van der Waals surface area contributed by atoms with Gasteiger partial charge < -0.3 is 10.2 Å². The van der Waals surface area contributed by atoms with E-state index < -0.39 is 10.0 Å². The van der Waals surface area contributed by atoms with Gasteiger partial charge in [0, 0.05) is 12.1 Å². The van der Waals surface area contributed by atoms with Gasteiger partial charge in [-0.3, -0.25) is 0 Å². The van der Waals surface area contributed by atoms with Crippen molar-refractivity contribution in [2.24, 2.45) is 0 Å². The van der Waals surface area contributed by atoms with Gasteiger partial charge in [-0.15, -0.1) is 0 Å². The number of likely N-dealkylation sites (N-methyl/N-ethyl adjacent to an activating group) is 1. The van der Waals surface area contributed by atoms with E-state index in [0.717, 1.165) is 19.4 Å². The summed E-state index contributed by atoms with van der Waals surface area (Å²) >= 11 is 0. The van der Waals surface area contributed by atoms with Crippen molar-refractivity contribution in [3.63, 3.8) is 0 Å². The molecular formula is C14H23N3O2S. The minimum atomic E-state index is -3.43. The van der Waals surface area contributed by atoms with Gasteiger partial charge in [-0.25, -0.2) is 13.1 Å². The molecule has 6 heteroatoms. The average Bonchev–Trinajstić information content (AvgIpc) is 2.37. The van der Waals surface area contributed by atoms with Crippen LogP contribution in [0.5, 0.6) is 0 Å². The number of sulfonamides is 1. The Hall–Kier alpha value is -1.11. The molecule has 1 fully saturated rings. The maximum atomic E-state index is 12.0. The number of anilines is 1. The minimum Gasteiger partial charge on any atom is -0.382 e. The second-order valence-electron chi connectivity index (χ2n) is 5.53. The number of hydrogen-bond acceptors (Lipinski definition) is 4. The third-order valence-corrected chi connectivity index (χ3v) is 5.76. The van der Waals surface area contributed by atoms with E-state index in [2.05, 4.69) is 29.0 Å². The Morgan fingerprint density at radius 1 is 1.25 bits per heavy atom. The highest BCUT2D eigenvalue weighted by Crippen LogP contribution is 2.36. The van der Waals surface area contributed by atoms with Crippen molar-refractivity contribution >= 4 is 15.7 Å². The highest BCUT2D eigenvalue weighted by atomic mass is 32.2. The fourth-order valence-electron chi connectivity index (χ4n) is 2.58. The molecule has 0 spiro atoms. The van der Waals surface area contributed by atoms with Crippen LogP contribution in [0.4, 0.5) is 5.69 Å². The lowest BCUT2D eigenvalue weighted by molar-refractivity contribution is 0.0738. The second-order valence-corrected chi connectivity index (χ2v) is 7.38. The summed E-state index contributed by atoms with van der Waals surface area (Å²) in [6.45, 7) is 0.760. The van der Waals surface area contributed by atoms with Crippen LogP contribution in [-0.2, 0) is 10.0 Å². The molecule has 1 aromatic rings. The summed E-state index contributed by atoms with van der Waals surface area (Å²) in [4.78, 5) is 2.54. The van der Waals surface area contributed by atoms with Gasteiger partial charge >= 0.3 is 0 Å². The predicted octanol–water partition coefficient (Wildman–Crippen LogP) is 1.49. The van der Waals surface area contributed by atoms with Gasteiger partial charge in [0.15, 0.2) is 0 Å². The smallest absolute Gasteiger partial charge is 0.242 e. The van der Waals surface area contributed by atoms with Crippen LogP contribution >= 0.6 is 0 Å². The van der Waals surface area contributed by atoms with E-state index in [9.17, 15) is 8.42 Å². The number of benzene rings is 1. The van der Waals surface area contributed by atoms with Crippen LogP contribution in [0.1, 0.15) is 19.3 Å². The van der Waals surface area contributed by atoms with E-state index in [1.807, 2.05) is 12.1 Å². The molecule has 0 bridgehead atoms. The molecule has 0 atom stereocenters. The summed E-state index contributed by atoms with van der Waals surface area (Å²) in [5, 5.41) is 3.32. The number of para-hydroxylation sites is 1. The number of nitrogens with one attached hydrogen (secondary N) is 2. The zero-order valence-corrected chi connectivity index (χ0v) is 13.1.